The minimum absolute atomic E-state index is 0.241. The van der Waals surface area contributed by atoms with E-state index in [1.165, 1.54) is 38.2 Å². The molecule has 0 spiro atoms. The van der Waals surface area contributed by atoms with Crippen LogP contribution in [0.25, 0.3) is 0 Å². The third kappa shape index (κ3) is 4.50. The highest BCUT2D eigenvalue weighted by Gasteiger charge is 2.24. The summed E-state index contributed by atoms with van der Waals surface area (Å²) in [6.07, 6.45) is 8.19. The molecule has 5 heteroatoms. The molecule has 3 rings (SSSR count). The van der Waals surface area contributed by atoms with Gasteiger partial charge < -0.3 is 9.80 Å². The van der Waals surface area contributed by atoms with Crippen molar-refractivity contribution < 1.29 is 9.18 Å². The van der Waals surface area contributed by atoms with Gasteiger partial charge >= 0.3 is 0 Å². The third-order valence-electron chi connectivity index (χ3n) is 5.54. The van der Waals surface area contributed by atoms with Crippen molar-refractivity contribution in [1.82, 2.24) is 4.90 Å². The molecule has 134 valence electrons. The van der Waals surface area contributed by atoms with Gasteiger partial charge in [-0.25, -0.2) is 4.39 Å². The van der Waals surface area contributed by atoms with Crippen LogP contribution in [0.1, 0.15) is 50.5 Å². The zero-order chi connectivity index (χ0) is 17.6. The molecule has 0 atom stereocenters. The van der Waals surface area contributed by atoms with Gasteiger partial charge in [0.25, 0.3) is 0 Å². The standard InChI is InChI=1S/C20H26FN3O/c21-18-14-17(15-22)6-8-19(18)23-10-12-24(13-11-23)20(25)9-7-16-4-2-1-3-5-16/h6,8,14,16H,1-5,7,9-13H2. The lowest BCUT2D eigenvalue weighted by Crippen LogP contribution is -2.49. The van der Waals surface area contributed by atoms with Gasteiger partial charge in [-0.15, -0.1) is 0 Å². The predicted molar refractivity (Wildman–Crippen MR) is 95.7 cm³/mol. The number of carbonyl (C=O) groups excluding carboxylic acids is 1. The largest absolute Gasteiger partial charge is 0.366 e. The summed E-state index contributed by atoms with van der Waals surface area (Å²) in [7, 11) is 0. The van der Waals surface area contributed by atoms with Gasteiger partial charge in [0.2, 0.25) is 5.91 Å². The molecule has 1 heterocycles. The van der Waals surface area contributed by atoms with E-state index >= 15 is 0 Å². The van der Waals surface area contributed by atoms with Gasteiger partial charge in [0, 0.05) is 32.6 Å². The number of rotatable bonds is 4. The fourth-order valence-corrected chi connectivity index (χ4v) is 3.99. The van der Waals surface area contributed by atoms with Crippen molar-refractivity contribution >= 4 is 11.6 Å². The Hall–Kier alpha value is -2.09. The molecule has 0 aromatic heterocycles. The maximum atomic E-state index is 14.1. The molecule has 4 nitrogen and oxygen atoms in total. The molecule has 1 aliphatic carbocycles. The van der Waals surface area contributed by atoms with Gasteiger partial charge in [-0.2, -0.15) is 5.26 Å². The van der Waals surface area contributed by atoms with E-state index in [9.17, 15) is 9.18 Å². The lowest BCUT2D eigenvalue weighted by Gasteiger charge is -2.36. The normalized spacial score (nSPS) is 18.9. The number of hydrogen-bond acceptors (Lipinski definition) is 3. The second kappa shape index (κ2) is 8.33. The number of halogens is 1. The van der Waals surface area contributed by atoms with E-state index in [0.717, 1.165) is 12.3 Å². The summed E-state index contributed by atoms with van der Waals surface area (Å²) < 4.78 is 14.1. The number of amides is 1. The smallest absolute Gasteiger partial charge is 0.222 e. The van der Waals surface area contributed by atoms with Crippen LogP contribution in [0, 0.1) is 23.1 Å². The quantitative estimate of drug-likeness (QED) is 0.837. The van der Waals surface area contributed by atoms with Gasteiger partial charge in [0.1, 0.15) is 5.82 Å². The van der Waals surface area contributed by atoms with Crippen molar-refractivity contribution in [3.63, 3.8) is 0 Å². The first kappa shape index (κ1) is 17.7. The summed E-state index contributed by atoms with van der Waals surface area (Å²) in [5, 5.41) is 8.83. The highest BCUT2D eigenvalue weighted by molar-refractivity contribution is 5.76. The van der Waals surface area contributed by atoms with E-state index in [1.54, 1.807) is 12.1 Å². The van der Waals surface area contributed by atoms with Crippen LogP contribution in [0.4, 0.5) is 10.1 Å². The maximum absolute atomic E-state index is 14.1. The molecule has 1 saturated carbocycles. The lowest BCUT2D eigenvalue weighted by molar-refractivity contribution is -0.131. The molecule has 1 aromatic carbocycles. The Bertz CT molecular complexity index is 641. The number of nitriles is 1. The molecule has 0 N–H and O–H groups in total. The molecule has 1 amide bonds. The zero-order valence-electron chi connectivity index (χ0n) is 14.7. The van der Waals surface area contributed by atoms with Crippen LogP contribution in [-0.2, 0) is 4.79 Å². The van der Waals surface area contributed by atoms with E-state index in [2.05, 4.69) is 0 Å². The van der Waals surface area contributed by atoms with Crippen LogP contribution in [0.3, 0.4) is 0 Å². The van der Waals surface area contributed by atoms with Crippen LogP contribution in [-0.4, -0.2) is 37.0 Å². The minimum Gasteiger partial charge on any atom is -0.366 e. The summed E-state index contributed by atoms with van der Waals surface area (Å²) in [4.78, 5) is 16.3. The van der Waals surface area contributed by atoms with Crippen LogP contribution in [0.15, 0.2) is 18.2 Å². The summed E-state index contributed by atoms with van der Waals surface area (Å²) >= 11 is 0. The molecule has 0 unspecified atom stereocenters. The van der Waals surface area contributed by atoms with E-state index in [-0.39, 0.29) is 11.7 Å². The average molecular weight is 343 g/mol. The molecule has 0 radical (unpaired) electrons. The van der Waals surface area contributed by atoms with Crippen LogP contribution in [0.5, 0.6) is 0 Å². The van der Waals surface area contributed by atoms with Gasteiger partial charge in [-0.1, -0.05) is 32.1 Å². The highest BCUT2D eigenvalue weighted by atomic mass is 19.1. The van der Waals surface area contributed by atoms with Crippen molar-refractivity contribution in [2.24, 2.45) is 5.92 Å². The number of piperazine rings is 1. The molecular formula is C20H26FN3O. The van der Waals surface area contributed by atoms with Crippen molar-refractivity contribution in [3.8, 4) is 6.07 Å². The third-order valence-corrected chi connectivity index (χ3v) is 5.54. The Kier molecular flexibility index (Phi) is 5.91. The van der Waals surface area contributed by atoms with Gasteiger partial charge in [0.15, 0.2) is 0 Å². The van der Waals surface area contributed by atoms with Crippen LogP contribution in [0.2, 0.25) is 0 Å². The number of carbonyl (C=O) groups is 1. The van der Waals surface area contributed by atoms with E-state index in [1.807, 2.05) is 15.9 Å². The molecule has 1 aromatic rings. The maximum Gasteiger partial charge on any atom is 0.222 e. The SMILES string of the molecule is N#Cc1ccc(N2CCN(C(=O)CCC3CCCCC3)CC2)c(F)c1. The van der Waals surface area contributed by atoms with Crippen molar-refractivity contribution in [2.75, 3.05) is 31.1 Å². The minimum atomic E-state index is -0.365. The lowest BCUT2D eigenvalue weighted by atomic mass is 9.86. The first-order valence-corrected chi connectivity index (χ1v) is 9.40. The van der Waals surface area contributed by atoms with Gasteiger partial charge in [-0.05, 0) is 30.5 Å². The number of benzene rings is 1. The van der Waals surface area contributed by atoms with E-state index < -0.39 is 0 Å². The molecule has 25 heavy (non-hydrogen) atoms. The predicted octanol–water partition coefficient (Wildman–Crippen LogP) is 3.71. The Morgan fingerprint density at radius 2 is 1.88 bits per heavy atom. The number of hydrogen-bond donors (Lipinski definition) is 0. The molecule has 2 aliphatic rings. The fourth-order valence-electron chi connectivity index (χ4n) is 3.99. The summed E-state index contributed by atoms with van der Waals surface area (Å²) in [6, 6.07) is 6.52. The fraction of sp³-hybridized carbons (Fsp3) is 0.600. The van der Waals surface area contributed by atoms with Gasteiger partial charge in [0.05, 0.1) is 17.3 Å². The highest BCUT2D eigenvalue weighted by Crippen LogP contribution is 2.28. The first-order valence-electron chi connectivity index (χ1n) is 9.40. The zero-order valence-corrected chi connectivity index (χ0v) is 14.7. The number of nitrogens with zero attached hydrogens (tertiary/aromatic N) is 3. The topological polar surface area (TPSA) is 47.3 Å². The molecule has 1 saturated heterocycles. The molecular weight excluding hydrogens is 317 g/mol. The Morgan fingerprint density at radius 3 is 2.52 bits per heavy atom. The van der Waals surface area contributed by atoms with Crippen LogP contribution >= 0.6 is 0 Å². The van der Waals surface area contributed by atoms with Crippen molar-refractivity contribution in [1.29, 1.82) is 5.26 Å². The van der Waals surface area contributed by atoms with Crippen molar-refractivity contribution in [3.05, 3.63) is 29.6 Å². The Morgan fingerprint density at radius 1 is 1.16 bits per heavy atom. The Labute approximate surface area is 149 Å². The molecule has 2 fully saturated rings. The van der Waals surface area contributed by atoms with E-state index in [4.69, 9.17) is 5.26 Å². The molecule has 0 bridgehead atoms. The summed E-state index contributed by atoms with van der Waals surface area (Å²) in [5.74, 6) is 0.605. The monoisotopic (exact) mass is 343 g/mol. The average Bonchev–Trinajstić information content (AvgIpc) is 2.67. The number of anilines is 1. The molecule has 1 aliphatic heterocycles. The summed E-state index contributed by atoms with van der Waals surface area (Å²) in [6.45, 7) is 2.56. The first-order chi connectivity index (χ1) is 12.2. The summed E-state index contributed by atoms with van der Waals surface area (Å²) in [5.41, 5.74) is 0.853. The van der Waals surface area contributed by atoms with E-state index in [0.29, 0.717) is 43.9 Å². The van der Waals surface area contributed by atoms with Crippen molar-refractivity contribution in [2.45, 2.75) is 44.9 Å². The second-order valence-electron chi connectivity index (χ2n) is 7.19. The van der Waals surface area contributed by atoms with Gasteiger partial charge in [-0.3, -0.25) is 4.79 Å². The van der Waals surface area contributed by atoms with Crippen LogP contribution < -0.4 is 4.90 Å². The Balaban J connectivity index is 1.48. The second-order valence-corrected chi connectivity index (χ2v) is 7.19.